The molecule has 5 heteroatoms. The first kappa shape index (κ1) is 20.1. The van der Waals surface area contributed by atoms with Gasteiger partial charge in [0, 0.05) is 50.6 Å². The number of rotatable bonds is 5. The molecule has 2 aliphatic heterocycles. The van der Waals surface area contributed by atoms with E-state index in [9.17, 15) is 10.1 Å². The van der Waals surface area contributed by atoms with Crippen molar-refractivity contribution in [1.29, 1.82) is 5.26 Å². The topological polar surface area (TPSA) is 59.4 Å². The molecule has 0 spiro atoms. The predicted octanol–water partition coefficient (Wildman–Crippen LogP) is 3.74. The second-order valence-electron chi connectivity index (χ2n) is 9.37. The predicted molar refractivity (Wildman–Crippen MR) is 121 cm³/mol. The molecule has 2 amide bonds. The highest BCUT2D eigenvalue weighted by Gasteiger charge is 2.42. The normalized spacial score (nSPS) is 24.9. The lowest BCUT2D eigenvalue weighted by atomic mass is 9.74. The van der Waals surface area contributed by atoms with Crippen molar-refractivity contribution in [3.63, 3.8) is 0 Å². The van der Waals surface area contributed by atoms with Crippen LogP contribution in [0.2, 0.25) is 0 Å². The van der Waals surface area contributed by atoms with Crippen molar-refractivity contribution in [2.45, 2.75) is 36.6 Å². The molecule has 0 unspecified atom stereocenters. The van der Waals surface area contributed by atoms with E-state index in [1.807, 2.05) is 40.1 Å². The number of likely N-dealkylation sites (tertiary alicyclic amines) is 2. The van der Waals surface area contributed by atoms with Gasteiger partial charge in [-0.1, -0.05) is 60.7 Å². The highest BCUT2D eigenvalue weighted by molar-refractivity contribution is 5.75. The summed E-state index contributed by atoms with van der Waals surface area (Å²) in [6.45, 7) is 3.98. The molecule has 2 aromatic carbocycles. The summed E-state index contributed by atoms with van der Waals surface area (Å²) in [5.41, 5.74) is 2.05. The first-order chi connectivity index (χ1) is 15.2. The Bertz CT molecular complexity index is 940. The summed E-state index contributed by atoms with van der Waals surface area (Å²) < 4.78 is 0. The Morgan fingerprint density at radius 2 is 1.65 bits per heavy atom. The SMILES string of the molecule is N#CC1(c2ccccc2)CCN(C(=O)N2CC(CN[C@@H]3C[C@H]3c3ccccc3)C2)CC1. The largest absolute Gasteiger partial charge is 0.325 e. The molecule has 5 rings (SSSR count). The van der Waals surface area contributed by atoms with Crippen LogP contribution in [0.4, 0.5) is 4.79 Å². The van der Waals surface area contributed by atoms with Crippen LogP contribution in [-0.2, 0) is 5.41 Å². The van der Waals surface area contributed by atoms with Gasteiger partial charge < -0.3 is 15.1 Å². The third-order valence-electron chi connectivity index (χ3n) is 7.34. The molecule has 2 atom stereocenters. The standard InChI is InChI=1S/C26H30N4O/c27-19-26(22-9-5-2-6-10-22)11-13-29(14-12-26)25(31)30-17-20(18-30)16-28-24-15-23(24)21-7-3-1-4-8-21/h1-10,20,23-24,28H,11-18H2/t23-,24+/m0/s1. The lowest BCUT2D eigenvalue weighted by Crippen LogP contribution is -2.59. The van der Waals surface area contributed by atoms with Crippen LogP contribution >= 0.6 is 0 Å². The molecule has 1 saturated carbocycles. The van der Waals surface area contributed by atoms with Crippen LogP contribution in [-0.4, -0.2) is 54.6 Å². The van der Waals surface area contributed by atoms with E-state index in [1.54, 1.807) is 0 Å². The van der Waals surface area contributed by atoms with Gasteiger partial charge in [0.25, 0.3) is 0 Å². The second kappa shape index (κ2) is 8.36. The van der Waals surface area contributed by atoms with Crippen molar-refractivity contribution in [2.75, 3.05) is 32.7 Å². The van der Waals surface area contributed by atoms with Crippen molar-refractivity contribution in [1.82, 2.24) is 15.1 Å². The zero-order chi connectivity index (χ0) is 21.3. The highest BCUT2D eigenvalue weighted by Crippen LogP contribution is 2.41. The van der Waals surface area contributed by atoms with Crippen LogP contribution in [0.3, 0.4) is 0 Å². The van der Waals surface area contributed by atoms with Gasteiger partial charge >= 0.3 is 6.03 Å². The highest BCUT2D eigenvalue weighted by atomic mass is 16.2. The summed E-state index contributed by atoms with van der Waals surface area (Å²) in [6.07, 6.45) is 2.64. The van der Waals surface area contributed by atoms with E-state index in [2.05, 4.69) is 41.7 Å². The number of nitrogens with one attached hydrogen (secondary N) is 1. The average molecular weight is 415 g/mol. The van der Waals surface area contributed by atoms with Crippen molar-refractivity contribution in [3.05, 3.63) is 71.8 Å². The third-order valence-corrected chi connectivity index (χ3v) is 7.34. The smallest absolute Gasteiger partial charge is 0.320 e. The minimum atomic E-state index is -0.459. The van der Waals surface area contributed by atoms with Crippen LogP contribution in [0.5, 0.6) is 0 Å². The van der Waals surface area contributed by atoms with E-state index in [-0.39, 0.29) is 6.03 Å². The van der Waals surface area contributed by atoms with E-state index in [0.29, 0.717) is 43.8 Å². The van der Waals surface area contributed by atoms with Gasteiger partial charge in [0.1, 0.15) is 0 Å². The van der Waals surface area contributed by atoms with Crippen LogP contribution in [0, 0.1) is 17.2 Å². The van der Waals surface area contributed by atoms with Gasteiger partial charge in [0.2, 0.25) is 0 Å². The van der Waals surface area contributed by atoms with Crippen molar-refractivity contribution in [2.24, 2.45) is 5.92 Å². The van der Waals surface area contributed by atoms with Crippen molar-refractivity contribution >= 4 is 6.03 Å². The van der Waals surface area contributed by atoms with E-state index >= 15 is 0 Å². The van der Waals surface area contributed by atoms with E-state index < -0.39 is 5.41 Å². The Hall–Kier alpha value is -2.84. The van der Waals surface area contributed by atoms with Gasteiger partial charge in [-0.15, -0.1) is 0 Å². The molecule has 160 valence electrons. The number of amides is 2. The zero-order valence-electron chi connectivity index (χ0n) is 17.9. The minimum Gasteiger partial charge on any atom is -0.325 e. The van der Waals surface area contributed by atoms with Gasteiger partial charge in [-0.3, -0.25) is 0 Å². The van der Waals surface area contributed by atoms with Gasteiger partial charge in [0.05, 0.1) is 11.5 Å². The third kappa shape index (κ3) is 4.05. The van der Waals surface area contributed by atoms with Crippen LogP contribution in [0.15, 0.2) is 60.7 Å². The van der Waals surface area contributed by atoms with Gasteiger partial charge in [-0.2, -0.15) is 5.26 Å². The fraction of sp³-hybridized carbons (Fsp3) is 0.462. The summed E-state index contributed by atoms with van der Waals surface area (Å²) >= 11 is 0. The molecule has 1 aliphatic carbocycles. The molecule has 0 aromatic heterocycles. The molecule has 2 heterocycles. The van der Waals surface area contributed by atoms with Crippen LogP contribution in [0.1, 0.15) is 36.3 Å². The molecule has 2 saturated heterocycles. The molecule has 3 fully saturated rings. The fourth-order valence-electron chi connectivity index (χ4n) is 5.16. The maximum atomic E-state index is 12.9. The number of piperidine rings is 1. The number of hydrogen-bond acceptors (Lipinski definition) is 3. The minimum absolute atomic E-state index is 0.143. The Labute approximate surface area is 184 Å². The Morgan fingerprint density at radius 1 is 1.00 bits per heavy atom. The maximum absolute atomic E-state index is 12.9. The number of benzene rings is 2. The van der Waals surface area contributed by atoms with Gasteiger partial charge in [-0.25, -0.2) is 4.79 Å². The monoisotopic (exact) mass is 414 g/mol. The first-order valence-corrected chi connectivity index (χ1v) is 11.5. The molecule has 2 aromatic rings. The lowest BCUT2D eigenvalue weighted by molar-refractivity contribution is 0.0797. The van der Waals surface area contributed by atoms with Crippen molar-refractivity contribution in [3.8, 4) is 6.07 Å². The second-order valence-corrected chi connectivity index (χ2v) is 9.37. The van der Waals surface area contributed by atoms with Gasteiger partial charge in [0.15, 0.2) is 0 Å². The molecule has 1 N–H and O–H groups in total. The number of nitrogens with zero attached hydrogens (tertiary/aromatic N) is 3. The number of carbonyl (C=O) groups is 1. The average Bonchev–Trinajstić information content (AvgIpc) is 3.59. The summed E-state index contributed by atoms with van der Waals surface area (Å²) in [5, 5.41) is 13.5. The number of urea groups is 1. The van der Waals surface area contributed by atoms with Crippen LogP contribution in [0.25, 0.3) is 0 Å². The number of nitriles is 1. The van der Waals surface area contributed by atoms with E-state index in [1.165, 1.54) is 12.0 Å². The molecule has 31 heavy (non-hydrogen) atoms. The fourth-order valence-corrected chi connectivity index (χ4v) is 5.16. The summed E-state index contributed by atoms with van der Waals surface area (Å²) in [6, 6.07) is 24.0. The Kier molecular flexibility index (Phi) is 5.41. The van der Waals surface area contributed by atoms with Crippen LogP contribution < -0.4 is 5.32 Å². The van der Waals surface area contributed by atoms with E-state index in [4.69, 9.17) is 0 Å². The Morgan fingerprint density at radius 3 is 2.29 bits per heavy atom. The summed E-state index contributed by atoms with van der Waals surface area (Å²) in [4.78, 5) is 16.8. The summed E-state index contributed by atoms with van der Waals surface area (Å²) in [5.74, 6) is 1.20. The molecular formula is C26H30N4O. The molecule has 0 radical (unpaired) electrons. The lowest BCUT2D eigenvalue weighted by Gasteiger charge is -2.45. The molecule has 3 aliphatic rings. The zero-order valence-corrected chi connectivity index (χ0v) is 17.9. The van der Waals surface area contributed by atoms with E-state index in [0.717, 1.165) is 25.2 Å². The molecular weight excluding hydrogens is 384 g/mol. The number of hydrogen-bond donors (Lipinski definition) is 1. The number of carbonyl (C=O) groups excluding carboxylic acids is 1. The Balaban J connectivity index is 1.05. The van der Waals surface area contributed by atoms with Crippen molar-refractivity contribution < 1.29 is 4.79 Å². The first-order valence-electron chi connectivity index (χ1n) is 11.5. The van der Waals surface area contributed by atoms with Gasteiger partial charge in [-0.05, 0) is 30.4 Å². The molecule has 0 bridgehead atoms. The summed E-state index contributed by atoms with van der Waals surface area (Å²) in [7, 11) is 0. The maximum Gasteiger partial charge on any atom is 0.320 e. The quantitative estimate of drug-likeness (QED) is 0.811. The molecule has 5 nitrogen and oxygen atoms in total.